The van der Waals surface area contributed by atoms with Crippen LogP contribution in [0, 0.1) is 0 Å². The lowest BCUT2D eigenvalue weighted by Crippen LogP contribution is -2.43. The van der Waals surface area contributed by atoms with E-state index >= 15 is 0 Å². The van der Waals surface area contributed by atoms with Gasteiger partial charge in [0.25, 0.3) is 0 Å². The molecule has 3 rings (SSSR count). The molecule has 18 heavy (non-hydrogen) atoms. The second kappa shape index (κ2) is 4.98. The normalized spacial score (nSPS) is 20.0. The number of hydrogen-bond acceptors (Lipinski definition) is 3. The number of anilines is 2. The van der Waals surface area contributed by atoms with Gasteiger partial charge in [-0.3, -0.25) is 4.79 Å². The zero-order valence-corrected chi connectivity index (χ0v) is 10.5. The Morgan fingerprint density at radius 2 is 1.94 bits per heavy atom. The van der Waals surface area contributed by atoms with Crippen LogP contribution < -0.4 is 15.5 Å². The van der Waals surface area contributed by atoms with E-state index in [1.807, 2.05) is 0 Å². The van der Waals surface area contributed by atoms with Crippen LogP contribution in [-0.2, 0) is 11.2 Å². The molecule has 2 heterocycles. The molecule has 1 saturated heterocycles. The van der Waals surface area contributed by atoms with Crippen molar-refractivity contribution in [3.8, 4) is 0 Å². The second-order valence-electron chi connectivity index (χ2n) is 4.98. The summed E-state index contributed by atoms with van der Waals surface area (Å²) in [5, 5.41) is 6.35. The molecule has 0 aliphatic carbocycles. The lowest BCUT2D eigenvalue weighted by molar-refractivity contribution is -0.116. The summed E-state index contributed by atoms with van der Waals surface area (Å²) < 4.78 is 0. The third-order valence-corrected chi connectivity index (χ3v) is 3.70. The predicted octanol–water partition coefficient (Wildman–Crippen LogP) is 1.37. The van der Waals surface area contributed by atoms with Crippen molar-refractivity contribution in [3.05, 3.63) is 23.8 Å². The van der Waals surface area contributed by atoms with Crippen molar-refractivity contribution in [2.75, 3.05) is 36.4 Å². The number of amides is 1. The Balaban J connectivity index is 1.85. The van der Waals surface area contributed by atoms with Crippen LogP contribution in [0.1, 0.15) is 18.4 Å². The van der Waals surface area contributed by atoms with Crippen molar-refractivity contribution < 1.29 is 4.79 Å². The van der Waals surface area contributed by atoms with Gasteiger partial charge in [0.05, 0.1) is 0 Å². The van der Waals surface area contributed by atoms with E-state index in [1.165, 1.54) is 11.3 Å². The van der Waals surface area contributed by atoms with Crippen LogP contribution in [-0.4, -0.2) is 32.1 Å². The molecule has 1 aromatic carbocycles. The summed E-state index contributed by atoms with van der Waals surface area (Å²) in [6, 6.07) is 6.41. The minimum atomic E-state index is 0.142. The third-order valence-electron chi connectivity index (χ3n) is 3.70. The quantitative estimate of drug-likeness (QED) is 0.785. The van der Waals surface area contributed by atoms with Crippen LogP contribution in [0.4, 0.5) is 11.4 Å². The molecule has 2 N–H and O–H groups in total. The molecular formula is C14H19N3O. The Morgan fingerprint density at radius 1 is 1.11 bits per heavy atom. The topological polar surface area (TPSA) is 44.4 Å². The molecule has 0 saturated carbocycles. The Morgan fingerprint density at radius 3 is 2.78 bits per heavy atom. The van der Waals surface area contributed by atoms with Gasteiger partial charge in [0, 0.05) is 44.0 Å². The highest BCUT2D eigenvalue weighted by Crippen LogP contribution is 2.27. The van der Waals surface area contributed by atoms with E-state index in [0.717, 1.165) is 44.7 Å². The molecule has 0 aromatic heterocycles. The van der Waals surface area contributed by atoms with Crippen LogP contribution in [0.2, 0.25) is 0 Å². The largest absolute Gasteiger partial charge is 0.369 e. The maximum atomic E-state index is 11.5. The van der Waals surface area contributed by atoms with Crippen LogP contribution in [0.5, 0.6) is 0 Å². The molecule has 4 nitrogen and oxygen atoms in total. The molecule has 0 bridgehead atoms. The number of nitrogens with zero attached hydrogens (tertiary/aromatic N) is 1. The van der Waals surface area contributed by atoms with Gasteiger partial charge in [-0.15, -0.1) is 0 Å². The minimum Gasteiger partial charge on any atom is -0.369 e. The van der Waals surface area contributed by atoms with Crippen molar-refractivity contribution in [2.24, 2.45) is 0 Å². The van der Waals surface area contributed by atoms with Gasteiger partial charge in [-0.1, -0.05) is 0 Å². The number of nitrogens with one attached hydrogen (secondary N) is 2. The van der Waals surface area contributed by atoms with Crippen LogP contribution in [0.3, 0.4) is 0 Å². The Kier molecular flexibility index (Phi) is 3.19. The maximum Gasteiger partial charge on any atom is 0.224 e. The first kappa shape index (κ1) is 11.5. The van der Waals surface area contributed by atoms with Gasteiger partial charge in [0.15, 0.2) is 0 Å². The number of aryl methyl sites for hydroxylation is 1. The van der Waals surface area contributed by atoms with Crippen molar-refractivity contribution in [1.82, 2.24) is 5.32 Å². The van der Waals surface area contributed by atoms with E-state index in [1.54, 1.807) is 0 Å². The third kappa shape index (κ3) is 2.34. The zero-order valence-electron chi connectivity index (χ0n) is 10.5. The van der Waals surface area contributed by atoms with E-state index in [-0.39, 0.29) is 5.91 Å². The fourth-order valence-electron chi connectivity index (χ4n) is 2.68. The molecule has 0 spiro atoms. The summed E-state index contributed by atoms with van der Waals surface area (Å²) in [6.45, 7) is 4.22. The molecule has 96 valence electrons. The van der Waals surface area contributed by atoms with Crippen LogP contribution in [0.25, 0.3) is 0 Å². The first-order valence-corrected chi connectivity index (χ1v) is 6.71. The number of piperazine rings is 1. The summed E-state index contributed by atoms with van der Waals surface area (Å²) in [4.78, 5) is 13.9. The lowest BCUT2D eigenvalue weighted by atomic mass is 10.1. The number of carbonyl (C=O) groups excluding carboxylic acids is 1. The number of carbonyl (C=O) groups is 1. The minimum absolute atomic E-state index is 0.142. The van der Waals surface area contributed by atoms with Gasteiger partial charge in [-0.05, 0) is 36.6 Å². The molecule has 2 aliphatic heterocycles. The summed E-state index contributed by atoms with van der Waals surface area (Å²) in [6.07, 6.45) is 2.58. The predicted molar refractivity (Wildman–Crippen MR) is 73.1 cm³/mol. The first-order chi connectivity index (χ1) is 8.83. The fraction of sp³-hybridized carbons (Fsp3) is 0.500. The second-order valence-corrected chi connectivity index (χ2v) is 4.98. The van der Waals surface area contributed by atoms with E-state index in [4.69, 9.17) is 0 Å². The summed E-state index contributed by atoms with van der Waals surface area (Å²) in [5.41, 5.74) is 3.56. The van der Waals surface area contributed by atoms with E-state index in [0.29, 0.717) is 6.42 Å². The molecule has 0 unspecified atom stereocenters. The maximum absolute atomic E-state index is 11.5. The number of fused-ring (bicyclic) bond motifs is 1. The van der Waals surface area contributed by atoms with Crippen molar-refractivity contribution >= 4 is 17.3 Å². The smallest absolute Gasteiger partial charge is 0.224 e. The van der Waals surface area contributed by atoms with E-state index in [2.05, 4.69) is 33.7 Å². The molecule has 2 aliphatic rings. The fourth-order valence-corrected chi connectivity index (χ4v) is 2.68. The van der Waals surface area contributed by atoms with E-state index in [9.17, 15) is 4.79 Å². The highest BCUT2D eigenvalue weighted by atomic mass is 16.1. The molecule has 4 heteroatoms. The summed E-state index contributed by atoms with van der Waals surface area (Å²) >= 11 is 0. The molecule has 1 fully saturated rings. The van der Waals surface area contributed by atoms with Gasteiger partial charge in [-0.2, -0.15) is 0 Å². The molecule has 0 atom stereocenters. The zero-order chi connectivity index (χ0) is 12.4. The monoisotopic (exact) mass is 245 g/mol. The van der Waals surface area contributed by atoms with Crippen molar-refractivity contribution in [2.45, 2.75) is 19.3 Å². The van der Waals surface area contributed by atoms with Gasteiger partial charge >= 0.3 is 0 Å². The van der Waals surface area contributed by atoms with Gasteiger partial charge in [0.1, 0.15) is 0 Å². The standard InChI is InChI=1S/C14H19N3O/c18-14-3-1-2-11-10-12(4-5-13(11)16-14)17-8-6-15-7-9-17/h4-5,10,15H,1-3,6-9H2,(H,16,18). The SMILES string of the molecule is O=C1CCCc2cc(N3CCNCC3)ccc2N1. The molecule has 1 aromatic rings. The van der Waals surface area contributed by atoms with E-state index < -0.39 is 0 Å². The summed E-state index contributed by atoms with van der Waals surface area (Å²) in [5.74, 6) is 0.142. The number of hydrogen-bond donors (Lipinski definition) is 2. The van der Waals surface area contributed by atoms with Crippen molar-refractivity contribution in [3.63, 3.8) is 0 Å². The van der Waals surface area contributed by atoms with Gasteiger partial charge < -0.3 is 15.5 Å². The Hall–Kier alpha value is -1.55. The van der Waals surface area contributed by atoms with Crippen LogP contribution >= 0.6 is 0 Å². The summed E-state index contributed by atoms with van der Waals surface area (Å²) in [7, 11) is 0. The Bertz CT molecular complexity index is 452. The average Bonchev–Trinajstić information content (AvgIpc) is 2.59. The first-order valence-electron chi connectivity index (χ1n) is 6.71. The number of rotatable bonds is 1. The molecule has 0 radical (unpaired) electrons. The lowest BCUT2D eigenvalue weighted by Gasteiger charge is -2.30. The van der Waals surface area contributed by atoms with Gasteiger partial charge in [-0.25, -0.2) is 0 Å². The molecular weight excluding hydrogens is 226 g/mol. The van der Waals surface area contributed by atoms with Gasteiger partial charge in [0.2, 0.25) is 5.91 Å². The van der Waals surface area contributed by atoms with Crippen LogP contribution in [0.15, 0.2) is 18.2 Å². The molecule has 1 amide bonds. The Labute approximate surface area is 107 Å². The highest BCUT2D eigenvalue weighted by Gasteiger charge is 2.15. The number of benzene rings is 1. The van der Waals surface area contributed by atoms with Crippen molar-refractivity contribution in [1.29, 1.82) is 0 Å². The average molecular weight is 245 g/mol. The highest BCUT2D eigenvalue weighted by molar-refractivity contribution is 5.92.